The topological polar surface area (TPSA) is 83.1 Å². The minimum atomic E-state index is -0.521. The highest BCUT2D eigenvalue weighted by atomic mass is 16.6. The number of hydrogen-bond acceptors (Lipinski definition) is 5. The smallest absolute Gasteiger partial charge is 0.412 e. The Kier molecular flexibility index (Phi) is 3.94. The van der Waals surface area contributed by atoms with Gasteiger partial charge in [0, 0.05) is 6.54 Å². The van der Waals surface area contributed by atoms with E-state index >= 15 is 0 Å². The molecular weight excluding hydrogens is 294 g/mol. The van der Waals surface area contributed by atoms with Crippen LogP contribution in [0, 0.1) is 0 Å². The summed E-state index contributed by atoms with van der Waals surface area (Å²) in [7, 11) is 0. The van der Waals surface area contributed by atoms with Gasteiger partial charge in [-0.2, -0.15) is 5.10 Å². The molecule has 1 aliphatic rings. The molecule has 0 spiro atoms. The van der Waals surface area contributed by atoms with Crippen LogP contribution < -0.4 is 10.2 Å². The molecule has 2 N–H and O–H groups in total. The molecule has 1 aliphatic heterocycles. The van der Waals surface area contributed by atoms with Crippen molar-refractivity contribution in [2.24, 2.45) is 0 Å². The Labute approximate surface area is 135 Å². The first kappa shape index (κ1) is 15.3. The van der Waals surface area contributed by atoms with Crippen molar-refractivity contribution in [3.8, 4) is 0 Å². The molecule has 0 radical (unpaired) electrons. The number of hydrogen-bond donors (Lipinski definition) is 2. The van der Waals surface area contributed by atoms with Gasteiger partial charge < -0.3 is 9.64 Å². The van der Waals surface area contributed by atoms with E-state index in [1.54, 1.807) is 6.20 Å². The molecule has 2 aromatic heterocycles. The largest absolute Gasteiger partial charge is 0.444 e. The van der Waals surface area contributed by atoms with Crippen LogP contribution >= 0.6 is 0 Å². The molecule has 0 saturated heterocycles. The number of anilines is 2. The molecule has 3 rings (SSSR count). The molecule has 0 bridgehead atoms. The highest BCUT2D eigenvalue weighted by Gasteiger charge is 2.19. The van der Waals surface area contributed by atoms with Crippen molar-refractivity contribution >= 4 is 17.6 Å². The number of nitrogens with one attached hydrogen (secondary N) is 2. The van der Waals surface area contributed by atoms with Crippen molar-refractivity contribution < 1.29 is 9.53 Å². The number of aromatic nitrogens is 3. The first-order chi connectivity index (χ1) is 10.9. The van der Waals surface area contributed by atoms with Crippen LogP contribution in [0.25, 0.3) is 0 Å². The standard InChI is InChI=1S/C16H21N5O2/c1-16(2,3)23-15(22)19-12-4-5-14(17-9-12)21-7-6-11-8-18-20-13(11)10-21/h4-5,8-9H,6-7,10H2,1-3H3,(H,18,20)(H,19,22). The van der Waals surface area contributed by atoms with E-state index in [0.717, 1.165) is 31.0 Å². The number of rotatable bonds is 2. The molecule has 0 fully saturated rings. The molecule has 7 nitrogen and oxygen atoms in total. The molecule has 3 heterocycles. The monoisotopic (exact) mass is 315 g/mol. The number of aromatic amines is 1. The summed E-state index contributed by atoms with van der Waals surface area (Å²) in [6, 6.07) is 3.72. The van der Waals surface area contributed by atoms with Gasteiger partial charge in [-0.3, -0.25) is 10.4 Å². The molecule has 122 valence electrons. The summed E-state index contributed by atoms with van der Waals surface area (Å²) in [4.78, 5) is 18.3. The van der Waals surface area contributed by atoms with E-state index in [9.17, 15) is 4.79 Å². The van der Waals surface area contributed by atoms with Crippen molar-refractivity contribution in [2.45, 2.75) is 39.3 Å². The van der Waals surface area contributed by atoms with Gasteiger partial charge in [0.2, 0.25) is 0 Å². The summed E-state index contributed by atoms with van der Waals surface area (Å²) in [6.45, 7) is 7.15. The van der Waals surface area contributed by atoms with Gasteiger partial charge >= 0.3 is 6.09 Å². The van der Waals surface area contributed by atoms with Crippen LogP contribution in [0.3, 0.4) is 0 Å². The van der Waals surface area contributed by atoms with Gasteiger partial charge in [-0.15, -0.1) is 0 Å². The summed E-state index contributed by atoms with van der Waals surface area (Å²) in [6.07, 6.45) is 3.99. The Morgan fingerprint density at radius 3 is 2.87 bits per heavy atom. The fraction of sp³-hybridized carbons (Fsp3) is 0.438. The van der Waals surface area contributed by atoms with Crippen LogP contribution in [0.5, 0.6) is 0 Å². The Morgan fingerprint density at radius 2 is 2.17 bits per heavy atom. The Balaban J connectivity index is 1.63. The van der Waals surface area contributed by atoms with E-state index in [-0.39, 0.29) is 0 Å². The highest BCUT2D eigenvalue weighted by Crippen LogP contribution is 2.22. The Hall–Kier alpha value is -2.57. The fourth-order valence-electron chi connectivity index (χ4n) is 2.48. The molecule has 1 amide bonds. The number of H-pyrrole nitrogens is 1. The summed E-state index contributed by atoms with van der Waals surface area (Å²) < 4.78 is 5.22. The summed E-state index contributed by atoms with van der Waals surface area (Å²) in [5, 5.41) is 9.78. The van der Waals surface area contributed by atoms with E-state index in [1.165, 1.54) is 5.56 Å². The lowest BCUT2D eigenvalue weighted by Gasteiger charge is -2.27. The lowest BCUT2D eigenvalue weighted by molar-refractivity contribution is 0.0636. The highest BCUT2D eigenvalue weighted by molar-refractivity contribution is 5.84. The van der Waals surface area contributed by atoms with Crippen molar-refractivity contribution in [1.29, 1.82) is 0 Å². The summed E-state index contributed by atoms with van der Waals surface area (Å²) in [5.41, 5.74) is 2.49. The number of fused-ring (bicyclic) bond motifs is 1. The first-order valence-corrected chi connectivity index (χ1v) is 7.63. The van der Waals surface area contributed by atoms with Crippen LogP contribution in [-0.4, -0.2) is 33.4 Å². The van der Waals surface area contributed by atoms with Crippen molar-refractivity contribution in [1.82, 2.24) is 15.2 Å². The zero-order chi connectivity index (χ0) is 16.4. The average molecular weight is 315 g/mol. The average Bonchev–Trinajstić information content (AvgIpc) is 2.93. The second kappa shape index (κ2) is 5.91. The second-order valence-electron chi connectivity index (χ2n) is 6.58. The predicted molar refractivity (Wildman–Crippen MR) is 87.4 cm³/mol. The molecule has 23 heavy (non-hydrogen) atoms. The van der Waals surface area contributed by atoms with Crippen LogP contribution in [-0.2, 0) is 17.7 Å². The van der Waals surface area contributed by atoms with E-state index in [4.69, 9.17) is 4.74 Å². The summed E-state index contributed by atoms with van der Waals surface area (Å²) >= 11 is 0. The number of carbonyl (C=O) groups excluding carboxylic acids is 1. The maximum absolute atomic E-state index is 11.7. The zero-order valence-electron chi connectivity index (χ0n) is 13.6. The first-order valence-electron chi connectivity index (χ1n) is 7.63. The second-order valence-corrected chi connectivity index (χ2v) is 6.58. The van der Waals surface area contributed by atoms with Crippen LogP contribution in [0.15, 0.2) is 24.5 Å². The molecule has 0 aliphatic carbocycles. The quantitative estimate of drug-likeness (QED) is 0.890. The zero-order valence-corrected chi connectivity index (χ0v) is 13.6. The number of amides is 1. The number of carbonyl (C=O) groups is 1. The molecule has 0 aromatic carbocycles. The Morgan fingerprint density at radius 1 is 1.35 bits per heavy atom. The van der Waals surface area contributed by atoms with Gasteiger partial charge in [0.1, 0.15) is 11.4 Å². The number of ether oxygens (including phenoxy) is 1. The lowest BCUT2D eigenvalue weighted by atomic mass is 10.1. The van der Waals surface area contributed by atoms with Gasteiger partial charge in [0.15, 0.2) is 0 Å². The normalized spacial score (nSPS) is 14.3. The molecular formula is C16H21N5O2. The van der Waals surface area contributed by atoms with E-state index in [1.807, 2.05) is 39.1 Å². The minimum Gasteiger partial charge on any atom is -0.444 e. The molecule has 0 unspecified atom stereocenters. The van der Waals surface area contributed by atoms with Gasteiger partial charge in [0.25, 0.3) is 0 Å². The molecule has 2 aromatic rings. The van der Waals surface area contributed by atoms with E-state index < -0.39 is 11.7 Å². The van der Waals surface area contributed by atoms with Crippen LogP contribution in [0.4, 0.5) is 16.3 Å². The van der Waals surface area contributed by atoms with Crippen molar-refractivity contribution in [3.05, 3.63) is 35.8 Å². The van der Waals surface area contributed by atoms with Gasteiger partial charge in [-0.05, 0) is 44.9 Å². The SMILES string of the molecule is CC(C)(C)OC(=O)Nc1ccc(N2CCc3cn[nH]c3C2)nc1. The minimum absolute atomic E-state index is 0.480. The van der Waals surface area contributed by atoms with Crippen LogP contribution in [0.1, 0.15) is 32.0 Å². The molecule has 0 saturated carbocycles. The molecule has 0 atom stereocenters. The van der Waals surface area contributed by atoms with E-state index in [2.05, 4.69) is 25.4 Å². The maximum Gasteiger partial charge on any atom is 0.412 e. The third kappa shape index (κ3) is 3.80. The van der Waals surface area contributed by atoms with Crippen molar-refractivity contribution in [2.75, 3.05) is 16.8 Å². The Bertz CT molecular complexity index is 687. The number of pyridine rings is 1. The van der Waals surface area contributed by atoms with E-state index in [0.29, 0.717) is 5.69 Å². The predicted octanol–water partition coefficient (Wildman–Crippen LogP) is 2.71. The maximum atomic E-state index is 11.7. The molecule has 7 heteroatoms. The number of nitrogens with zero attached hydrogens (tertiary/aromatic N) is 3. The van der Waals surface area contributed by atoms with Crippen molar-refractivity contribution in [3.63, 3.8) is 0 Å². The van der Waals surface area contributed by atoms with Gasteiger partial charge in [0.05, 0.1) is 30.3 Å². The third-order valence-corrected chi connectivity index (χ3v) is 3.52. The third-order valence-electron chi connectivity index (χ3n) is 3.52. The van der Waals surface area contributed by atoms with Crippen LogP contribution in [0.2, 0.25) is 0 Å². The fourth-order valence-corrected chi connectivity index (χ4v) is 2.48. The summed E-state index contributed by atoms with van der Waals surface area (Å²) in [5.74, 6) is 0.875. The van der Waals surface area contributed by atoms with Gasteiger partial charge in [-0.25, -0.2) is 9.78 Å². The van der Waals surface area contributed by atoms with Gasteiger partial charge in [-0.1, -0.05) is 0 Å². The lowest BCUT2D eigenvalue weighted by Crippen LogP contribution is -2.30.